The first kappa shape index (κ1) is 10.0. The average molecular weight is 194 g/mol. The first-order valence-electron chi connectivity index (χ1n) is 6.12. The van der Waals surface area contributed by atoms with Crippen molar-refractivity contribution in [1.29, 1.82) is 0 Å². The van der Waals surface area contributed by atoms with Crippen molar-refractivity contribution < 1.29 is 0 Å². The van der Waals surface area contributed by atoms with E-state index < -0.39 is 0 Å². The van der Waals surface area contributed by atoms with Crippen LogP contribution in [0.1, 0.15) is 51.9 Å². The molecular formula is C12H22N2. The molecule has 0 amide bonds. The highest BCUT2D eigenvalue weighted by Crippen LogP contribution is 2.32. The summed E-state index contributed by atoms with van der Waals surface area (Å²) >= 11 is 0. The van der Waals surface area contributed by atoms with Gasteiger partial charge in [-0.3, -0.25) is 4.99 Å². The molecule has 0 aromatic heterocycles. The Labute approximate surface area is 87.0 Å². The van der Waals surface area contributed by atoms with Crippen LogP contribution < -0.4 is 5.73 Å². The van der Waals surface area contributed by atoms with E-state index in [0.717, 1.165) is 11.8 Å². The fraction of sp³-hybridized carbons (Fsp3) is 0.917. The first-order valence-corrected chi connectivity index (χ1v) is 6.12. The van der Waals surface area contributed by atoms with Crippen LogP contribution in [0.5, 0.6) is 0 Å². The van der Waals surface area contributed by atoms with Crippen LogP contribution in [0, 0.1) is 11.8 Å². The second-order valence-corrected chi connectivity index (χ2v) is 4.92. The largest absolute Gasteiger partial charge is 0.387 e. The maximum atomic E-state index is 5.95. The number of aliphatic imine (C=N–C) groups is 1. The highest BCUT2D eigenvalue weighted by Gasteiger charge is 2.27. The summed E-state index contributed by atoms with van der Waals surface area (Å²) in [7, 11) is 0. The van der Waals surface area contributed by atoms with Crippen molar-refractivity contribution in [2.75, 3.05) is 0 Å². The molecule has 0 saturated heterocycles. The summed E-state index contributed by atoms with van der Waals surface area (Å²) in [5.41, 5.74) is 5.95. The van der Waals surface area contributed by atoms with E-state index in [9.17, 15) is 0 Å². The van der Waals surface area contributed by atoms with Crippen LogP contribution in [-0.2, 0) is 0 Å². The normalized spacial score (nSPS) is 34.5. The molecule has 2 aliphatic rings. The Morgan fingerprint density at radius 3 is 2.71 bits per heavy atom. The van der Waals surface area contributed by atoms with Gasteiger partial charge in [-0.05, 0) is 31.6 Å². The topological polar surface area (TPSA) is 38.4 Å². The van der Waals surface area contributed by atoms with Crippen molar-refractivity contribution in [3.63, 3.8) is 0 Å². The van der Waals surface area contributed by atoms with E-state index in [-0.39, 0.29) is 0 Å². The lowest BCUT2D eigenvalue weighted by molar-refractivity contribution is 0.316. The minimum absolute atomic E-state index is 0.550. The third kappa shape index (κ3) is 2.49. The van der Waals surface area contributed by atoms with E-state index in [0.29, 0.717) is 12.0 Å². The predicted molar refractivity (Wildman–Crippen MR) is 60.4 cm³/mol. The molecule has 2 nitrogen and oxygen atoms in total. The van der Waals surface area contributed by atoms with Crippen molar-refractivity contribution in [3.8, 4) is 0 Å². The van der Waals surface area contributed by atoms with Gasteiger partial charge in [0, 0.05) is 5.92 Å². The highest BCUT2D eigenvalue weighted by atomic mass is 14.9. The number of hydrogen-bond donors (Lipinski definition) is 1. The molecule has 14 heavy (non-hydrogen) atoms. The van der Waals surface area contributed by atoms with E-state index in [1.54, 1.807) is 0 Å². The van der Waals surface area contributed by atoms with Gasteiger partial charge in [0.05, 0.1) is 11.9 Å². The molecule has 2 atom stereocenters. The zero-order chi connectivity index (χ0) is 9.97. The lowest BCUT2D eigenvalue weighted by Gasteiger charge is -2.26. The van der Waals surface area contributed by atoms with Gasteiger partial charge in [-0.1, -0.05) is 26.2 Å². The molecule has 0 aromatic rings. The van der Waals surface area contributed by atoms with Gasteiger partial charge in [-0.2, -0.15) is 0 Å². The van der Waals surface area contributed by atoms with Crippen molar-refractivity contribution in [2.24, 2.45) is 22.6 Å². The van der Waals surface area contributed by atoms with Crippen molar-refractivity contribution in [3.05, 3.63) is 0 Å². The molecule has 0 heterocycles. The maximum Gasteiger partial charge on any atom is 0.0971 e. The smallest absolute Gasteiger partial charge is 0.0971 e. The van der Waals surface area contributed by atoms with E-state index in [2.05, 4.69) is 6.92 Å². The van der Waals surface area contributed by atoms with Gasteiger partial charge in [0.1, 0.15) is 0 Å². The Kier molecular flexibility index (Phi) is 3.09. The predicted octanol–water partition coefficient (Wildman–Crippen LogP) is 2.72. The third-order valence-electron chi connectivity index (χ3n) is 3.66. The van der Waals surface area contributed by atoms with Crippen molar-refractivity contribution >= 4 is 5.84 Å². The van der Waals surface area contributed by atoms with Crippen LogP contribution in [0.2, 0.25) is 0 Å². The van der Waals surface area contributed by atoms with Gasteiger partial charge in [-0.25, -0.2) is 0 Å². The molecule has 2 unspecified atom stereocenters. The molecule has 0 bridgehead atoms. The number of hydrogen-bond acceptors (Lipinski definition) is 1. The van der Waals surface area contributed by atoms with Crippen molar-refractivity contribution in [1.82, 2.24) is 0 Å². The summed E-state index contributed by atoms with van der Waals surface area (Å²) in [6.45, 7) is 2.29. The summed E-state index contributed by atoms with van der Waals surface area (Å²) in [4.78, 5) is 4.69. The number of amidine groups is 1. The highest BCUT2D eigenvalue weighted by molar-refractivity contribution is 5.85. The molecule has 2 N–H and O–H groups in total. The molecule has 80 valence electrons. The Morgan fingerprint density at radius 1 is 1.29 bits per heavy atom. The summed E-state index contributed by atoms with van der Waals surface area (Å²) < 4.78 is 0. The molecule has 0 spiro atoms. The fourth-order valence-corrected chi connectivity index (χ4v) is 2.45. The molecule has 2 aliphatic carbocycles. The van der Waals surface area contributed by atoms with E-state index in [1.165, 1.54) is 44.9 Å². The molecule has 0 radical (unpaired) electrons. The number of nitrogens with zero attached hydrogens (tertiary/aromatic N) is 1. The van der Waals surface area contributed by atoms with Crippen LogP contribution in [0.3, 0.4) is 0 Å². The van der Waals surface area contributed by atoms with E-state index in [4.69, 9.17) is 10.7 Å². The SMILES string of the molecule is CCC1CCCC(N=C(N)C2CC2)C1. The molecule has 2 fully saturated rings. The molecule has 2 rings (SSSR count). The van der Waals surface area contributed by atoms with Gasteiger partial charge in [0.25, 0.3) is 0 Å². The minimum atomic E-state index is 0.550. The van der Waals surface area contributed by atoms with Gasteiger partial charge in [-0.15, -0.1) is 0 Å². The lowest BCUT2D eigenvalue weighted by Crippen LogP contribution is -2.23. The maximum absolute atomic E-state index is 5.95. The Balaban J connectivity index is 1.87. The van der Waals surface area contributed by atoms with Gasteiger partial charge >= 0.3 is 0 Å². The summed E-state index contributed by atoms with van der Waals surface area (Å²) in [6, 6.07) is 0.550. The molecular weight excluding hydrogens is 172 g/mol. The third-order valence-corrected chi connectivity index (χ3v) is 3.66. The van der Waals surface area contributed by atoms with E-state index in [1.807, 2.05) is 0 Å². The summed E-state index contributed by atoms with van der Waals surface area (Å²) in [6.07, 6.45) is 9.18. The zero-order valence-corrected chi connectivity index (χ0v) is 9.21. The van der Waals surface area contributed by atoms with Crippen LogP contribution in [0.15, 0.2) is 4.99 Å². The van der Waals surface area contributed by atoms with Crippen LogP contribution in [0.4, 0.5) is 0 Å². The Bertz CT molecular complexity index is 218. The van der Waals surface area contributed by atoms with Gasteiger partial charge in [0.2, 0.25) is 0 Å². The Morgan fingerprint density at radius 2 is 2.07 bits per heavy atom. The molecule has 2 heteroatoms. The quantitative estimate of drug-likeness (QED) is 0.544. The number of rotatable bonds is 3. The Hall–Kier alpha value is -0.530. The average Bonchev–Trinajstić information content (AvgIpc) is 3.01. The summed E-state index contributed by atoms with van der Waals surface area (Å²) in [5.74, 6) is 2.51. The molecule has 2 saturated carbocycles. The molecule has 0 aliphatic heterocycles. The zero-order valence-electron chi connectivity index (χ0n) is 9.21. The second kappa shape index (κ2) is 4.33. The monoisotopic (exact) mass is 194 g/mol. The van der Waals surface area contributed by atoms with Crippen molar-refractivity contribution in [2.45, 2.75) is 57.9 Å². The van der Waals surface area contributed by atoms with Crippen LogP contribution >= 0.6 is 0 Å². The standard InChI is InChI=1S/C12H22N2/c1-2-9-4-3-5-11(8-9)14-12(13)10-6-7-10/h9-11H,2-8H2,1H3,(H2,13,14). The lowest BCUT2D eigenvalue weighted by atomic mass is 9.84. The van der Waals surface area contributed by atoms with Gasteiger partial charge < -0.3 is 5.73 Å². The molecule has 0 aromatic carbocycles. The summed E-state index contributed by atoms with van der Waals surface area (Å²) in [5, 5.41) is 0. The second-order valence-electron chi connectivity index (χ2n) is 4.92. The number of nitrogens with two attached hydrogens (primary N) is 1. The van der Waals surface area contributed by atoms with Gasteiger partial charge in [0.15, 0.2) is 0 Å². The first-order chi connectivity index (χ1) is 6.79. The minimum Gasteiger partial charge on any atom is -0.387 e. The van der Waals surface area contributed by atoms with Crippen LogP contribution in [0.25, 0.3) is 0 Å². The fourth-order valence-electron chi connectivity index (χ4n) is 2.45. The van der Waals surface area contributed by atoms with Crippen LogP contribution in [-0.4, -0.2) is 11.9 Å². The van der Waals surface area contributed by atoms with E-state index >= 15 is 0 Å².